The molecule has 4 rings (SSSR count). The fraction of sp³-hybridized carbons (Fsp3) is 0.0870. The first-order valence-electron chi connectivity index (χ1n) is 9.55. The molecule has 0 aliphatic heterocycles. The summed E-state index contributed by atoms with van der Waals surface area (Å²) in [6.45, 7) is 1.43. The number of nitro groups is 2. The Bertz CT molecular complexity index is 1430. The molecule has 4 aromatic rings. The first kappa shape index (κ1) is 27.2. The minimum Gasteiger partial charge on any atom is -0.393 e. The number of nitrogens with two attached hydrogens (primary N) is 1. The van der Waals surface area contributed by atoms with Crippen LogP contribution in [0.25, 0.3) is 21.5 Å². The molecule has 0 amide bonds. The van der Waals surface area contributed by atoms with E-state index < -0.39 is 9.85 Å². The fourth-order valence-corrected chi connectivity index (χ4v) is 4.22. The van der Waals surface area contributed by atoms with Crippen LogP contribution in [-0.4, -0.2) is 15.6 Å². The third-order valence-corrected chi connectivity index (χ3v) is 5.81. The zero-order valence-corrected chi connectivity index (χ0v) is 21.6. The monoisotopic (exact) mass is 609 g/mol. The van der Waals surface area contributed by atoms with Crippen molar-refractivity contribution in [2.45, 2.75) is 13.3 Å². The summed E-state index contributed by atoms with van der Waals surface area (Å²) < 4.78 is 1.75. The molecule has 34 heavy (non-hydrogen) atoms. The smallest absolute Gasteiger partial charge is 0.299 e. The molecule has 0 saturated heterocycles. The van der Waals surface area contributed by atoms with Crippen molar-refractivity contribution in [3.63, 3.8) is 0 Å². The van der Waals surface area contributed by atoms with Gasteiger partial charge in [0.05, 0.1) is 20.6 Å². The average molecular weight is 612 g/mol. The van der Waals surface area contributed by atoms with Crippen molar-refractivity contribution >= 4 is 88.7 Å². The van der Waals surface area contributed by atoms with Crippen LogP contribution in [0.2, 0.25) is 0 Å². The molecule has 0 heterocycles. The number of carbonyl (C=O) groups excluding carboxylic acids is 1. The van der Waals surface area contributed by atoms with E-state index in [1.807, 2.05) is 12.1 Å². The summed E-state index contributed by atoms with van der Waals surface area (Å²) in [5, 5.41) is 24.7. The highest BCUT2D eigenvalue weighted by Crippen LogP contribution is 2.33. The largest absolute Gasteiger partial charge is 0.393 e. The summed E-state index contributed by atoms with van der Waals surface area (Å²) in [6.07, 6.45) is 0.0856. The SMILES string of the molecule is CC(=O)Cc1ccc2cc(Br)ccc2c1[N+](=O)[O-].Cl.Nc1ccc2cc(Br)ccc2c1[N+](=O)[O-]. The van der Waals surface area contributed by atoms with Gasteiger partial charge < -0.3 is 5.73 Å². The molecule has 0 saturated carbocycles. The highest BCUT2D eigenvalue weighted by Gasteiger charge is 2.19. The number of ketones is 1. The Morgan fingerprint density at radius 2 is 1.29 bits per heavy atom. The number of nitro benzene ring substituents is 2. The standard InChI is InChI=1S/C13H10BrNO3.C10H7BrN2O2.ClH/c1-8(16)6-10-3-2-9-7-11(14)4-5-12(9)13(10)15(17)18;11-7-2-3-8-6(5-7)1-4-9(12)10(8)13(14)15;/h2-5,7H,6H2,1H3;1-5H,12H2;1H. The fourth-order valence-electron chi connectivity index (χ4n) is 3.46. The van der Waals surface area contributed by atoms with Crippen LogP contribution >= 0.6 is 44.3 Å². The van der Waals surface area contributed by atoms with Gasteiger partial charge in [-0.25, -0.2) is 0 Å². The second-order valence-electron chi connectivity index (χ2n) is 7.20. The Kier molecular flexibility index (Phi) is 9.08. The van der Waals surface area contributed by atoms with Gasteiger partial charge in [-0.05, 0) is 60.2 Å². The molecule has 0 fully saturated rings. The number of Topliss-reactive ketones (excluding diaryl/α,β-unsaturated/α-hetero) is 1. The number of nitrogens with zero attached hydrogens (tertiary/aromatic N) is 2. The Morgan fingerprint density at radius 1 is 0.824 bits per heavy atom. The third-order valence-electron chi connectivity index (χ3n) is 4.83. The Hall–Kier alpha value is -3.08. The first-order chi connectivity index (χ1) is 15.6. The molecule has 0 bridgehead atoms. The summed E-state index contributed by atoms with van der Waals surface area (Å²) in [4.78, 5) is 32.3. The van der Waals surface area contributed by atoms with Gasteiger partial charge in [-0.15, -0.1) is 12.4 Å². The van der Waals surface area contributed by atoms with Gasteiger partial charge in [0.15, 0.2) is 0 Å². The number of nitrogen functional groups attached to an aromatic ring is 1. The summed E-state index contributed by atoms with van der Waals surface area (Å²) in [5.41, 5.74) is 6.22. The van der Waals surface area contributed by atoms with Crippen LogP contribution in [0.4, 0.5) is 17.1 Å². The summed E-state index contributed by atoms with van der Waals surface area (Å²) in [5.74, 6) is -0.0884. The second-order valence-corrected chi connectivity index (χ2v) is 9.03. The van der Waals surface area contributed by atoms with E-state index in [1.54, 1.807) is 48.5 Å². The Morgan fingerprint density at radius 3 is 1.76 bits per heavy atom. The van der Waals surface area contributed by atoms with E-state index in [9.17, 15) is 25.0 Å². The molecule has 0 atom stereocenters. The van der Waals surface area contributed by atoms with E-state index in [2.05, 4.69) is 31.9 Å². The highest BCUT2D eigenvalue weighted by molar-refractivity contribution is 9.10. The van der Waals surface area contributed by atoms with Crippen LogP contribution in [0.5, 0.6) is 0 Å². The van der Waals surface area contributed by atoms with Gasteiger partial charge >= 0.3 is 0 Å². The minimum absolute atomic E-state index is 0. The minimum atomic E-state index is -0.453. The molecule has 0 spiro atoms. The lowest BCUT2D eigenvalue weighted by atomic mass is 10.0. The molecule has 11 heteroatoms. The molecule has 176 valence electrons. The van der Waals surface area contributed by atoms with Crippen molar-refractivity contribution in [1.29, 1.82) is 0 Å². The van der Waals surface area contributed by atoms with E-state index in [0.29, 0.717) is 16.3 Å². The van der Waals surface area contributed by atoms with E-state index >= 15 is 0 Å². The van der Waals surface area contributed by atoms with Crippen molar-refractivity contribution in [3.8, 4) is 0 Å². The second kappa shape index (κ2) is 11.4. The number of anilines is 1. The molecular formula is C23H18Br2ClN3O5. The topological polar surface area (TPSA) is 129 Å². The van der Waals surface area contributed by atoms with Crippen LogP contribution in [0, 0.1) is 20.2 Å². The predicted molar refractivity (Wildman–Crippen MR) is 143 cm³/mol. The van der Waals surface area contributed by atoms with Gasteiger partial charge in [0.2, 0.25) is 0 Å². The molecule has 0 aliphatic rings. The number of rotatable bonds is 4. The van der Waals surface area contributed by atoms with E-state index in [1.165, 1.54) is 6.92 Å². The maximum atomic E-state index is 11.2. The van der Waals surface area contributed by atoms with Gasteiger partial charge in [-0.3, -0.25) is 25.0 Å². The zero-order valence-electron chi connectivity index (χ0n) is 17.7. The highest BCUT2D eigenvalue weighted by atomic mass is 79.9. The van der Waals surface area contributed by atoms with Crippen molar-refractivity contribution in [2.75, 3.05) is 5.73 Å². The van der Waals surface area contributed by atoms with Crippen LogP contribution in [-0.2, 0) is 11.2 Å². The number of hydrogen-bond donors (Lipinski definition) is 1. The third kappa shape index (κ3) is 6.07. The lowest BCUT2D eigenvalue weighted by molar-refractivity contribution is -0.383. The quantitative estimate of drug-likeness (QED) is 0.148. The lowest BCUT2D eigenvalue weighted by Gasteiger charge is -2.05. The Labute approximate surface area is 217 Å². The first-order valence-corrected chi connectivity index (χ1v) is 11.1. The van der Waals surface area contributed by atoms with Crippen LogP contribution < -0.4 is 5.73 Å². The molecule has 0 aliphatic carbocycles. The normalized spacial score (nSPS) is 10.2. The summed E-state index contributed by atoms with van der Waals surface area (Å²) >= 11 is 6.64. The van der Waals surface area contributed by atoms with E-state index in [0.717, 1.165) is 19.7 Å². The average Bonchev–Trinajstić information content (AvgIpc) is 2.73. The van der Waals surface area contributed by atoms with Gasteiger partial charge in [0.25, 0.3) is 11.4 Å². The lowest BCUT2D eigenvalue weighted by Crippen LogP contribution is -2.02. The molecule has 0 aromatic heterocycles. The zero-order chi connectivity index (χ0) is 24.3. The molecule has 4 aromatic carbocycles. The van der Waals surface area contributed by atoms with E-state index in [-0.39, 0.29) is 41.7 Å². The number of benzene rings is 4. The summed E-state index contributed by atoms with van der Waals surface area (Å²) in [6, 6.07) is 17.3. The van der Waals surface area contributed by atoms with Gasteiger partial charge in [-0.1, -0.05) is 50.1 Å². The number of fused-ring (bicyclic) bond motifs is 2. The van der Waals surface area contributed by atoms with Crippen molar-refractivity contribution < 1.29 is 14.6 Å². The van der Waals surface area contributed by atoms with Crippen LogP contribution in [0.1, 0.15) is 12.5 Å². The Balaban J connectivity index is 0.000000237. The molecular weight excluding hydrogens is 594 g/mol. The van der Waals surface area contributed by atoms with Gasteiger partial charge in [0, 0.05) is 20.9 Å². The predicted octanol–water partition coefficient (Wildman–Crippen LogP) is 7.16. The van der Waals surface area contributed by atoms with E-state index in [4.69, 9.17) is 5.73 Å². The van der Waals surface area contributed by atoms with Crippen LogP contribution in [0.15, 0.2) is 69.6 Å². The maximum Gasteiger partial charge on any atom is 0.299 e. The van der Waals surface area contributed by atoms with Crippen molar-refractivity contribution in [2.24, 2.45) is 0 Å². The number of carbonyl (C=O) groups is 1. The van der Waals surface area contributed by atoms with Crippen LogP contribution in [0.3, 0.4) is 0 Å². The maximum absolute atomic E-state index is 11.2. The molecule has 0 unspecified atom stereocenters. The summed E-state index contributed by atoms with van der Waals surface area (Å²) in [7, 11) is 0. The number of halogens is 3. The molecule has 0 radical (unpaired) electrons. The van der Waals surface area contributed by atoms with Crippen molar-refractivity contribution in [3.05, 3.63) is 95.4 Å². The van der Waals surface area contributed by atoms with Crippen molar-refractivity contribution in [1.82, 2.24) is 0 Å². The number of hydrogen-bond acceptors (Lipinski definition) is 6. The van der Waals surface area contributed by atoms with Gasteiger partial charge in [-0.2, -0.15) is 0 Å². The van der Waals surface area contributed by atoms with Gasteiger partial charge in [0.1, 0.15) is 11.5 Å². The molecule has 8 nitrogen and oxygen atoms in total. The molecule has 2 N–H and O–H groups in total.